The predicted molar refractivity (Wildman–Crippen MR) is 132 cm³/mol. The molecule has 1 aromatic heterocycles. The molecule has 4 atom stereocenters. The van der Waals surface area contributed by atoms with E-state index < -0.39 is 43.3 Å². The Morgan fingerprint density at radius 2 is 1.94 bits per heavy atom. The van der Waals surface area contributed by atoms with Gasteiger partial charge in [-0.2, -0.15) is 5.09 Å². The largest absolute Gasteiger partial charge is 0.468 e. The molecule has 0 spiro atoms. The maximum atomic E-state index is 13.8. The highest BCUT2D eigenvalue weighted by Crippen LogP contribution is 2.47. The van der Waals surface area contributed by atoms with Gasteiger partial charge in [-0.15, -0.1) is 0 Å². The van der Waals surface area contributed by atoms with Crippen LogP contribution in [0.2, 0.25) is 0 Å². The van der Waals surface area contributed by atoms with Crippen molar-refractivity contribution < 1.29 is 27.9 Å². The first kappa shape index (κ1) is 25.6. The predicted octanol–water partition coefficient (Wildman–Crippen LogP) is 2.81. The lowest BCUT2D eigenvalue weighted by Gasteiger charge is -2.24. The summed E-state index contributed by atoms with van der Waals surface area (Å²) < 4.78 is 37.1. The first-order valence-corrected chi connectivity index (χ1v) is 12.7. The van der Waals surface area contributed by atoms with Gasteiger partial charge in [0.25, 0.3) is 5.56 Å². The fourth-order valence-corrected chi connectivity index (χ4v) is 5.17. The van der Waals surface area contributed by atoms with Crippen LogP contribution in [0.25, 0.3) is 10.8 Å². The second-order valence-corrected chi connectivity index (χ2v) is 9.86. The van der Waals surface area contributed by atoms with Crippen LogP contribution in [0.15, 0.2) is 70.4 Å². The third kappa shape index (κ3) is 5.66. The number of hydrogen-bond acceptors (Lipinski definition) is 8. The van der Waals surface area contributed by atoms with Crippen molar-refractivity contribution in [1.29, 1.82) is 0 Å². The highest BCUT2D eigenvalue weighted by Gasteiger charge is 2.34. The molecular formula is C24H26N3O8P. The zero-order valence-electron chi connectivity index (χ0n) is 19.9. The number of rotatable bonds is 9. The number of H-pyrrole nitrogens is 1. The summed E-state index contributed by atoms with van der Waals surface area (Å²) in [5.74, 6) is -0.345. The van der Waals surface area contributed by atoms with Crippen LogP contribution in [0, 0.1) is 6.92 Å². The van der Waals surface area contributed by atoms with Gasteiger partial charge in [-0.1, -0.05) is 42.5 Å². The third-order valence-electron chi connectivity index (χ3n) is 5.51. The Labute approximate surface area is 206 Å². The van der Waals surface area contributed by atoms with Crippen LogP contribution in [0.4, 0.5) is 0 Å². The van der Waals surface area contributed by atoms with Crippen molar-refractivity contribution in [3.05, 3.63) is 87.2 Å². The van der Waals surface area contributed by atoms with E-state index >= 15 is 0 Å². The van der Waals surface area contributed by atoms with Gasteiger partial charge in [-0.05, 0) is 31.4 Å². The Morgan fingerprint density at radius 1 is 1.19 bits per heavy atom. The van der Waals surface area contributed by atoms with Gasteiger partial charge in [0, 0.05) is 17.1 Å². The van der Waals surface area contributed by atoms with E-state index in [-0.39, 0.29) is 6.61 Å². The SMILES string of the molecule is COC(=O)[C@H](C)N[P@](=O)(OC[C@@H]1C=C[C@H](n2cc(C)c(=O)[nH]c2=O)O1)Oc1cccc2ccccc12. The number of carbonyl (C=O) groups is 1. The molecule has 2 aromatic carbocycles. The summed E-state index contributed by atoms with van der Waals surface area (Å²) in [5, 5.41) is 4.19. The standard InChI is InChI=1S/C24H26N3O8P/c1-15-13-27(24(30)25-22(15)28)21-12-11-18(34-21)14-33-36(31,26-16(2)23(29)32-3)35-20-10-6-8-17-7-4-5-9-19(17)20/h4-13,16,18,21H,14H2,1-3H3,(H,26,31)(H,25,28,30)/t16-,18-,21+,36-/m0/s1. The van der Waals surface area contributed by atoms with E-state index in [1.807, 2.05) is 30.3 Å². The molecule has 0 unspecified atom stereocenters. The summed E-state index contributed by atoms with van der Waals surface area (Å²) in [6.45, 7) is 2.83. The number of ether oxygens (including phenoxy) is 2. The van der Waals surface area contributed by atoms with Crippen molar-refractivity contribution in [2.75, 3.05) is 13.7 Å². The molecule has 0 bridgehead atoms. The van der Waals surface area contributed by atoms with Gasteiger partial charge in [-0.3, -0.25) is 23.7 Å². The number of aromatic amines is 1. The van der Waals surface area contributed by atoms with E-state index in [0.717, 1.165) is 5.39 Å². The van der Waals surface area contributed by atoms with Gasteiger partial charge in [0.05, 0.1) is 13.7 Å². The summed E-state index contributed by atoms with van der Waals surface area (Å²) in [4.78, 5) is 38.0. The number of esters is 1. The number of benzene rings is 2. The fourth-order valence-electron chi connectivity index (χ4n) is 3.65. The Bertz CT molecular complexity index is 1460. The first-order valence-electron chi connectivity index (χ1n) is 11.1. The van der Waals surface area contributed by atoms with E-state index in [9.17, 15) is 18.9 Å². The number of nitrogens with zero attached hydrogens (tertiary/aromatic N) is 1. The zero-order valence-corrected chi connectivity index (χ0v) is 20.8. The minimum Gasteiger partial charge on any atom is -0.468 e. The number of aromatic nitrogens is 2. The van der Waals surface area contributed by atoms with E-state index in [1.54, 1.807) is 31.2 Å². The van der Waals surface area contributed by atoms with Crippen molar-refractivity contribution in [3.63, 3.8) is 0 Å². The average Bonchev–Trinajstić information content (AvgIpc) is 3.33. The maximum Gasteiger partial charge on any atom is 0.459 e. The lowest BCUT2D eigenvalue weighted by molar-refractivity contribution is -0.142. The second-order valence-electron chi connectivity index (χ2n) is 8.16. The normalized spacial score (nSPS) is 19.6. The number of hydrogen-bond donors (Lipinski definition) is 2. The van der Waals surface area contributed by atoms with Gasteiger partial charge in [0.1, 0.15) is 17.9 Å². The van der Waals surface area contributed by atoms with Crippen LogP contribution in [0.3, 0.4) is 0 Å². The van der Waals surface area contributed by atoms with Crippen molar-refractivity contribution in [1.82, 2.24) is 14.6 Å². The molecule has 2 heterocycles. The smallest absolute Gasteiger partial charge is 0.459 e. The summed E-state index contributed by atoms with van der Waals surface area (Å²) in [6.07, 6.45) is 3.18. The van der Waals surface area contributed by atoms with Crippen LogP contribution >= 0.6 is 7.75 Å². The Hall–Kier alpha value is -3.50. The lowest BCUT2D eigenvalue weighted by Crippen LogP contribution is -2.35. The first-order chi connectivity index (χ1) is 17.2. The van der Waals surface area contributed by atoms with Crippen molar-refractivity contribution in [3.8, 4) is 5.75 Å². The molecule has 11 nitrogen and oxygen atoms in total. The van der Waals surface area contributed by atoms with Crippen LogP contribution in [0.1, 0.15) is 18.7 Å². The topological polar surface area (TPSA) is 138 Å². The summed E-state index contributed by atoms with van der Waals surface area (Å²) in [6, 6.07) is 11.7. The second kappa shape index (κ2) is 10.6. The van der Waals surface area contributed by atoms with E-state index in [2.05, 4.69) is 10.1 Å². The molecule has 190 valence electrons. The Balaban J connectivity index is 1.52. The van der Waals surface area contributed by atoms with E-state index in [1.165, 1.54) is 24.8 Å². The number of carbonyl (C=O) groups excluding carboxylic acids is 1. The molecule has 0 radical (unpaired) electrons. The van der Waals surface area contributed by atoms with Crippen molar-refractivity contribution >= 4 is 24.5 Å². The van der Waals surface area contributed by atoms with Crippen molar-refractivity contribution in [2.24, 2.45) is 0 Å². The highest BCUT2D eigenvalue weighted by molar-refractivity contribution is 7.52. The monoisotopic (exact) mass is 515 g/mol. The molecule has 1 aliphatic rings. The number of methoxy groups -OCH3 is 1. The number of aryl methyl sites for hydroxylation is 1. The molecule has 2 N–H and O–H groups in total. The fraction of sp³-hybridized carbons (Fsp3) is 0.292. The maximum absolute atomic E-state index is 13.8. The lowest BCUT2D eigenvalue weighted by atomic mass is 10.1. The minimum absolute atomic E-state index is 0.215. The Morgan fingerprint density at radius 3 is 2.72 bits per heavy atom. The molecule has 0 aliphatic carbocycles. The molecule has 0 saturated heterocycles. The molecular weight excluding hydrogens is 489 g/mol. The third-order valence-corrected chi connectivity index (χ3v) is 7.14. The minimum atomic E-state index is -4.12. The summed E-state index contributed by atoms with van der Waals surface area (Å²) in [7, 11) is -2.90. The summed E-state index contributed by atoms with van der Waals surface area (Å²) >= 11 is 0. The molecule has 0 amide bonds. The number of nitrogens with one attached hydrogen (secondary N) is 2. The van der Waals surface area contributed by atoms with Gasteiger partial charge in [-0.25, -0.2) is 9.36 Å². The molecule has 3 aromatic rings. The molecule has 12 heteroatoms. The molecule has 4 rings (SSSR count). The van der Waals surface area contributed by atoms with Gasteiger partial charge in [0.2, 0.25) is 0 Å². The molecule has 0 saturated carbocycles. The zero-order chi connectivity index (χ0) is 25.9. The summed E-state index contributed by atoms with van der Waals surface area (Å²) in [5.41, 5.74) is -0.754. The van der Waals surface area contributed by atoms with E-state index in [0.29, 0.717) is 16.7 Å². The van der Waals surface area contributed by atoms with Gasteiger partial charge < -0.3 is 14.0 Å². The number of fused-ring (bicyclic) bond motifs is 1. The van der Waals surface area contributed by atoms with Crippen molar-refractivity contribution in [2.45, 2.75) is 32.2 Å². The molecule has 0 fully saturated rings. The van der Waals surface area contributed by atoms with Crippen LogP contribution in [0.5, 0.6) is 5.75 Å². The van der Waals surface area contributed by atoms with E-state index in [4.69, 9.17) is 18.5 Å². The van der Waals surface area contributed by atoms with Gasteiger partial charge in [0.15, 0.2) is 6.23 Å². The van der Waals surface area contributed by atoms with Gasteiger partial charge >= 0.3 is 19.4 Å². The average molecular weight is 515 g/mol. The quantitative estimate of drug-likeness (QED) is 0.250. The highest BCUT2D eigenvalue weighted by atomic mass is 31.2. The van der Waals surface area contributed by atoms with Crippen LogP contribution in [-0.2, 0) is 23.4 Å². The van der Waals surface area contributed by atoms with Crippen LogP contribution in [-0.4, -0.2) is 41.4 Å². The molecule has 1 aliphatic heterocycles. The molecule has 36 heavy (non-hydrogen) atoms. The van der Waals surface area contributed by atoms with Crippen LogP contribution < -0.4 is 20.9 Å². The Kier molecular flexibility index (Phi) is 7.56.